The van der Waals surface area contributed by atoms with Gasteiger partial charge in [-0.1, -0.05) is 0 Å². The molecule has 1 saturated heterocycles. The molecule has 1 aromatic heterocycles. The first-order valence-electron chi connectivity index (χ1n) is 7.86. The number of rotatable bonds is 5. The fourth-order valence-corrected chi connectivity index (χ4v) is 2.55. The van der Waals surface area contributed by atoms with Crippen molar-refractivity contribution in [2.75, 3.05) is 20.3 Å². The highest BCUT2D eigenvalue weighted by Crippen LogP contribution is 2.18. The summed E-state index contributed by atoms with van der Waals surface area (Å²) >= 11 is 0. The van der Waals surface area contributed by atoms with Crippen LogP contribution in [0.5, 0.6) is 5.75 Å². The van der Waals surface area contributed by atoms with Gasteiger partial charge in [0.15, 0.2) is 5.82 Å². The van der Waals surface area contributed by atoms with Gasteiger partial charge in [-0.05, 0) is 31.2 Å². The first-order valence-corrected chi connectivity index (χ1v) is 7.86. The molecule has 2 aromatic rings. The lowest BCUT2D eigenvalue weighted by Crippen LogP contribution is -2.55. The van der Waals surface area contributed by atoms with E-state index in [0.717, 1.165) is 11.3 Å². The summed E-state index contributed by atoms with van der Waals surface area (Å²) in [5.41, 5.74) is 0.876. The SMILES string of the molecule is COc1ccc(-c2n[nH]c(CNC(=O)[C@H]3NCCO[C@@H]3C)n2)cc1.Cl. The largest absolute Gasteiger partial charge is 0.497 e. The fourth-order valence-electron chi connectivity index (χ4n) is 2.55. The molecule has 1 amide bonds. The molecular formula is C16H22ClN5O3. The summed E-state index contributed by atoms with van der Waals surface area (Å²) in [6.45, 7) is 3.46. The second-order valence-electron chi connectivity index (χ2n) is 5.56. The van der Waals surface area contributed by atoms with Crippen LogP contribution in [0.2, 0.25) is 0 Å². The van der Waals surface area contributed by atoms with Crippen molar-refractivity contribution in [3.63, 3.8) is 0 Å². The van der Waals surface area contributed by atoms with Crippen molar-refractivity contribution in [2.45, 2.75) is 25.6 Å². The number of halogens is 1. The first-order chi connectivity index (χ1) is 11.7. The molecule has 3 N–H and O–H groups in total. The van der Waals surface area contributed by atoms with Gasteiger partial charge in [0.05, 0.1) is 26.4 Å². The topological polar surface area (TPSA) is 101 Å². The zero-order chi connectivity index (χ0) is 16.9. The monoisotopic (exact) mass is 367 g/mol. The molecular weight excluding hydrogens is 346 g/mol. The first kappa shape index (κ1) is 19.2. The number of morpholine rings is 1. The Balaban J connectivity index is 0.00000225. The van der Waals surface area contributed by atoms with Gasteiger partial charge in [-0.3, -0.25) is 9.89 Å². The van der Waals surface area contributed by atoms with Crippen molar-refractivity contribution in [2.24, 2.45) is 0 Å². The average molecular weight is 368 g/mol. The summed E-state index contributed by atoms with van der Waals surface area (Å²) in [5.74, 6) is 1.84. The van der Waals surface area contributed by atoms with Crippen LogP contribution in [0.15, 0.2) is 24.3 Å². The Morgan fingerprint density at radius 2 is 2.16 bits per heavy atom. The number of hydrogen-bond donors (Lipinski definition) is 3. The molecule has 0 spiro atoms. The minimum Gasteiger partial charge on any atom is -0.497 e. The minimum absolute atomic E-state index is 0. The maximum atomic E-state index is 12.2. The summed E-state index contributed by atoms with van der Waals surface area (Å²) in [6, 6.07) is 7.12. The molecule has 0 radical (unpaired) electrons. The number of aromatic nitrogens is 3. The molecule has 8 nitrogen and oxygen atoms in total. The molecule has 0 saturated carbocycles. The number of nitrogens with one attached hydrogen (secondary N) is 3. The quantitative estimate of drug-likeness (QED) is 0.725. The maximum absolute atomic E-state index is 12.2. The predicted octanol–water partition coefficient (Wildman–Crippen LogP) is 0.895. The number of hydrogen-bond acceptors (Lipinski definition) is 6. The smallest absolute Gasteiger partial charge is 0.240 e. The highest BCUT2D eigenvalue weighted by Gasteiger charge is 2.28. The van der Waals surface area contributed by atoms with Crippen LogP contribution in [0.4, 0.5) is 0 Å². The predicted molar refractivity (Wildman–Crippen MR) is 94.7 cm³/mol. The van der Waals surface area contributed by atoms with E-state index in [0.29, 0.717) is 24.8 Å². The Morgan fingerprint density at radius 1 is 1.40 bits per heavy atom. The molecule has 1 fully saturated rings. The summed E-state index contributed by atoms with van der Waals surface area (Å²) < 4.78 is 10.6. The number of amides is 1. The van der Waals surface area contributed by atoms with E-state index in [2.05, 4.69) is 25.8 Å². The van der Waals surface area contributed by atoms with Gasteiger partial charge in [0.2, 0.25) is 5.91 Å². The van der Waals surface area contributed by atoms with Crippen molar-refractivity contribution in [3.8, 4) is 17.1 Å². The Kier molecular flexibility index (Phi) is 6.74. The van der Waals surface area contributed by atoms with E-state index in [1.165, 1.54) is 0 Å². The van der Waals surface area contributed by atoms with E-state index < -0.39 is 0 Å². The van der Waals surface area contributed by atoms with Crippen LogP contribution in [0.1, 0.15) is 12.7 Å². The molecule has 3 rings (SSSR count). The molecule has 2 atom stereocenters. The number of benzene rings is 1. The van der Waals surface area contributed by atoms with Crippen molar-refractivity contribution < 1.29 is 14.3 Å². The molecule has 25 heavy (non-hydrogen) atoms. The minimum atomic E-state index is -0.345. The van der Waals surface area contributed by atoms with Crippen LogP contribution in [0.25, 0.3) is 11.4 Å². The molecule has 136 valence electrons. The third-order valence-electron chi connectivity index (χ3n) is 3.91. The lowest BCUT2D eigenvalue weighted by molar-refractivity contribution is -0.129. The molecule has 0 bridgehead atoms. The van der Waals surface area contributed by atoms with Gasteiger partial charge in [0.25, 0.3) is 0 Å². The lowest BCUT2D eigenvalue weighted by atomic mass is 10.1. The van der Waals surface area contributed by atoms with Crippen LogP contribution in [-0.4, -0.2) is 53.5 Å². The second-order valence-corrected chi connectivity index (χ2v) is 5.56. The molecule has 0 aliphatic carbocycles. The Labute approximate surface area is 152 Å². The molecule has 9 heteroatoms. The van der Waals surface area contributed by atoms with E-state index in [4.69, 9.17) is 9.47 Å². The Bertz CT molecular complexity index is 691. The van der Waals surface area contributed by atoms with Gasteiger partial charge >= 0.3 is 0 Å². The van der Waals surface area contributed by atoms with Gasteiger partial charge < -0.3 is 20.1 Å². The number of nitrogens with zero attached hydrogens (tertiary/aromatic N) is 2. The van der Waals surface area contributed by atoms with E-state index in [9.17, 15) is 4.79 Å². The zero-order valence-corrected chi connectivity index (χ0v) is 14.9. The molecule has 2 heterocycles. The number of aromatic amines is 1. The van der Waals surface area contributed by atoms with Gasteiger partial charge in [-0.2, -0.15) is 5.10 Å². The third kappa shape index (κ3) is 4.68. The number of methoxy groups -OCH3 is 1. The maximum Gasteiger partial charge on any atom is 0.240 e. The van der Waals surface area contributed by atoms with Gasteiger partial charge in [-0.15, -0.1) is 12.4 Å². The standard InChI is InChI=1S/C16H21N5O3.ClH/c1-10-14(17-7-8-24-10)16(22)18-9-13-19-15(21-20-13)11-3-5-12(23-2)6-4-11;/h3-6,10,14,17H,7-9H2,1-2H3,(H,18,22)(H,19,20,21);1H/t10-,14+;/m1./s1. The van der Waals surface area contributed by atoms with E-state index >= 15 is 0 Å². The van der Waals surface area contributed by atoms with Crippen molar-refractivity contribution in [1.82, 2.24) is 25.8 Å². The van der Waals surface area contributed by atoms with Crippen LogP contribution in [0, 0.1) is 0 Å². The zero-order valence-electron chi connectivity index (χ0n) is 14.1. The fraction of sp³-hybridized carbons (Fsp3) is 0.438. The average Bonchev–Trinajstić information content (AvgIpc) is 3.09. The van der Waals surface area contributed by atoms with E-state index in [-0.39, 0.29) is 37.0 Å². The highest BCUT2D eigenvalue weighted by molar-refractivity contribution is 5.85. The molecule has 0 unspecified atom stereocenters. The van der Waals surface area contributed by atoms with Gasteiger partial charge in [0, 0.05) is 12.1 Å². The Morgan fingerprint density at radius 3 is 2.84 bits per heavy atom. The van der Waals surface area contributed by atoms with Crippen LogP contribution in [-0.2, 0) is 16.1 Å². The summed E-state index contributed by atoms with van der Waals surface area (Å²) in [5, 5.41) is 13.0. The molecule has 1 aliphatic rings. The second kappa shape index (κ2) is 8.80. The highest BCUT2D eigenvalue weighted by atomic mass is 35.5. The van der Waals surface area contributed by atoms with Crippen molar-refractivity contribution in [1.29, 1.82) is 0 Å². The molecule has 1 aromatic carbocycles. The van der Waals surface area contributed by atoms with Gasteiger partial charge in [-0.25, -0.2) is 4.98 Å². The van der Waals surface area contributed by atoms with Crippen LogP contribution < -0.4 is 15.4 Å². The van der Waals surface area contributed by atoms with E-state index in [1.807, 2.05) is 31.2 Å². The van der Waals surface area contributed by atoms with Crippen LogP contribution >= 0.6 is 12.4 Å². The van der Waals surface area contributed by atoms with Gasteiger partial charge in [0.1, 0.15) is 17.6 Å². The van der Waals surface area contributed by atoms with Crippen molar-refractivity contribution in [3.05, 3.63) is 30.1 Å². The Hall–Kier alpha value is -2.16. The van der Waals surface area contributed by atoms with E-state index in [1.54, 1.807) is 7.11 Å². The number of ether oxygens (including phenoxy) is 2. The number of carbonyl (C=O) groups is 1. The normalized spacial score (nSPS) is 19.8. The third-order valence-corrected chi connectivity index (χ3v) is 3.91. The summed E-state index contributed by atoms with van der Waals surface area (Å²) in [7, 11) is 1.62. The summed E-state index contributed by atoms with van der Waals surface area (Å²) in [6.07, 6.45) is -0.150. The summed E-state index contributed by atoms with van der Waals surface area (Å²) in [4.78, 5) is 16.6. The van der Waals surface area contributed by atoms with Crippen molar-refractivity contribution >= 4 is 18.3 Å². The number of carbonyl (C=O) groups excluding carboxylic acids is 1. The van der Waals surface area contributed by atoms with Crippen LogP contribution in [0.3, 0.4) is 0 Å². The number of H-pyrrole nitrogens is 1. The lowest BCUT2D eigenvalue weighted by Gasteiger charge is -2.29. The molecule has 1 aliphatic heterocycles.